The number of rotatable bonds is 6. The van der Waals surface area contributed by atoms with Gasteiger partial charge >= 0.3 is 0 Å². The molecule has 0 aromatic carbocycles. The predicted molar refractivity (Wildman–Crippen MR) is 51.0 cm³/mol. The maximum absolute atomic E-state index is 11.0. The number of amides is 1. The van der Waals surface area contributed by atoms with Gasteiger partial charge in [-0.05, 0) is 13.3 Å². The van der Waals surface area contributed by atoms with Gasteiger partial charge in [0.05, 0.1) is 0 Å². The van der Waals surface area contributed by atoms with Crippen molar-refractivity contribution < 1.29 is 9.59 Å². The third-order valence-electron chi connectivity index (χ3n) is 1.52. The Bertz CT molecular complexity index is 215. The van der Waals surface area contributed by atoms with E-state index in [1.165, 1.54) is 6.92 Å². The fourth-order valence-corrected chi connectivity index (χ4v) is 0.817. The summed E-state index contributed by atoms with van der Waals surface area (Å²) in [7, 11) is 0. The summed E-state index contributed by atoms with van der Waals surface area (Å²) >= 11 is 0. The third kappa shape index (κ3) is 8.61. The van der Waals surface area contributed by atoms with Crippen LogP contribution >= 0.6 is 0 Å². The van der Waals surface area contributed by atoms with E-state index in [1.807, 2.05) is 0 Å². The smallest absolute Gasteiger partial charge is 0.220 e. The fourth-order valence-electron chi connectivity index (χ4n) is 0.817. The molecule has 72 valence electrons. The Balaban J connectivity index is 3.31. The maximum Gasteiger partial charge on any atom is 0.220 e. The number of hydrogen-bond acceptors (Lipinski definition) is 2. The first-order chi connectivity index (χ1) is 6.16. The lowest BCUT2D eigenvalue weighted by Gasteiger charge is -2.01. The Labute approximate surface area is 78.9 Å². The van der Waals surface area contributed by atoms with Crippen LogP contribution in [0.25, 0.3) is 0 Å². The first-order valence-electron chi connectivity index (χ1n) is 4.36. The van der Waals surface area contributed by atoms with Crippen LogP contribution in [0.5, 0.6) is 0 Å². The molecule has 0 spiro atoms. The summed E-state index contributed by atoms with van der Waals surface area (Å²) in [5, 5.41) is 2.64. The molecule has 1 N–H and O–H groups in total. The summed E-state index contributed by atoms with van der Waals surface area (Å²) in [4.78, 5) is 21.5. The SMILES string of the molecule is C#CCCCC(=O)NCCC(C)=O. The molecule has 0 fully saturated rings. The Kier molecular flexibility index (Phi) is 6.62. The molecule has 0 rings (SSSR count). The molecule has 0 heterocycles. The molecule has 0 saturated carbocycles. The first kappa shape index (κ1) is 11.7. The minimum atomic E-state index is -0.0310. The second kappa shape index (κ2) is 7.35. The highest BCUT2D eigenvalue weighted by Crippen LogP contribution is 1.93. The van der Waals surface area contributed by atoms with Crippen molar-refractivity contribution in [2.45, 2.75) is 32.6 Å². The van der Waals surface area contributed by atoms with E-state index < -0.39 is 0 Å². The summed E-state index contributed by atoms with van der Waals surface area (Å²) in [6.07, 6.45) is 7.21. The van der Waals surface area contributed by atoms with Crippen LogP contribution in [0.4, 0.5) is 0 Å². The van der Waals surface area contributed by atoms with Gasteiger partial charge in [0, 0.05) is 25.8 Å². The van der Waals surface area contributed by atoms with E-state index in [9.17, 15) is 9.59 Å². The van der Waals surface area contributed by atoms with E-state index in [4.69, 9.17) is 6.42 Å². The number of Topliss-reactive ketones (excluding diaryl/α,β-unsaturated/α-hetero) is 1. The fraction of sp³-hybridized carbons (Fsp3) is 0.600. The van der Waals surface area contributed by atoms with Gasteiger partial charge in [-0.25, -0.2) is 0 Å². The average Bonchev–Trinajstić information content (AvgIpc) is 2.04. The topological polar surface area (TPSA) is 46.2 Å². The van der Waals surface area contributed by atoms with E-state index in [0.29, 0.717) is 32.2 Å². The lowest BCUT2D eigenvalue weighted by atomic mass is 10.2. The zero-order valence-corrected chi connectivity index (χ0v) is 7.93. The van der Waals surface area contributed by atoms with Crippen LogP contribution in [0, 0.1) is 12.3 Å². The van der Waals surface area contributed by atoms with Gasteiger partial charge in [0.15, 0.2) is 0 Å². The zero-order valence-electron chi connectivity index (χ0n) is 7.93. The van der Waals surface area contributed by atoms with Crippen molar-refractivity contribution in [3.63, 3.8) is 0 Å². The molecule has 0 unspecified atom stereocenters. The summed E-state index contributed by atoms with van der Waals surface area (Å²) in [6.45, 7) is 1.94. The number of terminal acetylenes is 1. The minimum Gasteiger partial charge on any atom is -0.356 e. The lowest BCUT2D eigenvalue weighted by molar-refractivity contribution is -0.121. The molecule has 3 heteroatoms. The standard InChI is InChI=1S/C10H15NO2/c1-3-4-5-6-10(13)11-8-7-9(2)12/h1H,4-8H2,2H3,(H,11,13). The van der Waals surface area contributed by atoms with Crippen molar-refractivity contribution >= 4 is 11.7 Å². The molecule has 0 atom stereocenters. The van der Waals surface area contributed by atoms with Crippen LogP contribution in [0.2, 0.25) is 0 Å². The number of carbonyl (C=O) groups is 2. The van der Waals surface area contributed by atoms with Gasteiger partial charge in [-0.15, -0.1) is 12.3 Å². The second-order valence-corrected chi connectivity index (χ2v) is 2.86. The van der Waals surface area contributed by atoms with Crippen LogP contribution < -0.4 is 5.32 Å². The van der Waals surface area contributed by atoms with Crippen LogP contribution in [0.1, 0.15) is 32.6 Å². The Hall–Kier alpha value is -1.30. The lowest BCUT2D eigenvalue weighted by Crippen LogP contribution is -2.25. The number of hydrogen-bond donors (Lipinski definition) is 1. The van der Waals surface area contributed by atoms with Gasteiger partial charge in [0.1, 0.15) is 5.78 Å². The van der Waals surface area contributed by atoms with Gasteiger partial charge in [-0.2, -0.15) is 0 Å². The summed E-state index contributed by atoms with van der Waals surface area (Å²) in [6, 6.07) is 0. The van der Waals surface area contributed by atoms with Crippen molar-refractivity contribution in [1.29, 1.82) is 0 Å². The van der Waals surface area contributed by atoms with Gasteiger partial charge in [0.25, 0.3) is 0 Å². The monoisotopic (exact) mass is 181 g/mol. The molecule has 13 heavy (non-hydrogen) atoms. The quantitative estimate of drug-likeness (QED) is 0.488. The van der Waals surface area contributed by atoms with Crippen molar-refractivity contribution in [1.82, 2.24) is 5.32 Å². The van der Waals surface area contributed by atoms with E-state index in [-0.39, 0.29) is 11.7 Å². The van der Waals surface area contributed by atoms with Crippen LogP contribution in [-0.2, 0) is 9.59 Å². The van der Waals surface area contributed by atoms with Crippen LogP contribution in [-0.4, -0.2) is 18.2 Å². The molecule has 0 aliphatic heterocycles. The number of carbonyl (C=O) groups excluding carboxylic acids is 2. The molecule has 0 saturated heterocycles. The first-order valence-corrected chi connectivity index (χ1v) is 4.36. The van der Waals surface area contributed by atoms with Crippen LogP contribution in [0.15, 0.2) is 0 Å². The third-order valence-corrected chi connectivity index (χ3v) is 1.52. The molecule has 0 aromatic rings. The maximum atomic E-state index is 11.0. The highest BCUT2D eigenvalue weighted by atomic mass is 16.1. The zero-order chi connectivity index (χ0) is 10.1. The summed E-state index contributed by atoms with van der Waals surface area (Å²) in [5.74, 6) is 2.52. The highest BCUT2D eigenvalue weighted by Gasteiger charge is 1.99. The van der Waals surface area contributed by atoms with Crippen molar-refractivity contribution in [3.8, 4) is 12.3 Å². The molecule has 0 bridgehead atoms. The highest BCUT2D eigenvalue weighted by molar-refractivity contribution is 5.78. The molecule has 0 aliphatic rings. The average molecular weight is 181 g/mol. The van der Waals surface area contributed by atoms with Gasteiger partial charge in [0.2, 0.25) is 5.91 Å². The Morgan fingerprint density at radius 2 is 2.08 bits per heavy atom. The van der Waals surface area contributed by atoms with Crippen molar-refractivity contribution in [3.05, 3.63) is 0 Å². The molecule has 0 aliphatic carbocycles. The van der Waals surface area contributed by atoms with Gasteiger partial charge < -0.3 is 5.32 Å². The largest absolute Gasteiger partial charge is 0.356 e. The number of unbranched alkanes of at least 4 members (excludes halogenated alkanes) is 1. The second-order valence-electron chi connectivity index (χ2n) is 2.86. The summed E-state index contributed by atoms with van der Waals surface area (Å²) < 4.78 is 0. The van der Waals surface area contributed by atoms with Crippen molar-refractivity contribution in [2.24, 2.45) is 0 Å². The molecule has 0 radical (unpaired) electrons. The van der Waals surface area contributed by atoms with E-state index in [0.717, 1.165) is 0 Å². The van der Waals surface area contributed by atoms with E-state index in [1.54, 1.807) is 0 Å². The predicted octanol–water partition coefficient (Wildman–Crippen LogP) is 0.885. The van der Waals surface area contributed by atoms with E-state index in [2.05, 4.69) is 11.2 Å². The normalized spacial score (nSPS) is 8.92. The van der Waals surface area contributed by atoms with Crippen molar-refractivity contribution in [2.75, 3.05) is 6.54 Å². The summed E-state index contributed by atoms with van der Waals surface area (Å²) in [5.41, 5.74) is 0. The van der Waals surface area contributed by atoms with E-state index >= 15 is 0 Å². The number of ketones is 1. The van der Waals surface area contributed by atoms with Gasteiger partial charge in [-0.3, -0.25) is 9.59 Å². The molecule has 0 aromatic heterocycles. The van der Waals surface area contributed by atoms with Crippen LogP contribution in [0.3, 0.4) is 0 Å². The Morgan fingerprint density at radius 3 is 2.62 bits per heavy atom. The number of nitrogens with one attached hydrogen (secondary N) is 1. The Morgan fingerprint density at radius 1 is 1.38 bits per heavy atom. The molecule has 3 nitrogen and oxygen atoms in total. The van der Waals surface area contributed by atoms with Gasteiger partial charge in [-0.1, -0.05) is 0 Å². The minimum absolute atomic E-state index is 0.0310. The molecular formula is C10H15NO2. The molecular weight excluding hydrogens is 166 g/mol. The molecule has 1 amide bonds.